The second-order valence-electron chi connectivity index (χ2n) is 4.33. The van der Waals surface area contributed by atoms with Gasteiger partial charge in [-0.2, -0.15) is 0 Å². The molecule has 0 fully saturated rings. The predicted octanol–water partition coefficient (Wildman–Crippen LogP) is 3.09. The van der Waals surface area contributed by atoms with Crippen molar-refractivity contribution in [3.05, 3.63) is 28.8 Å². The molecule has 0 bridgehead atoms. The molecule has 0 saturated heterocycles. The molecule has 0 spiro atoms. The highest BCUT2D eigenvalue weighted by Crippen LogP contribution is 2.27. The van der Waals surface area contributed by atoms with Gasteiger partial charge in [0.1, 0.15) is 0 Å². The summed E-state index contributed by atoms with van der Waals surface area (Å²) in [6, 6.07) is 6.45. The first-order valence-corrected chi connectivity index (χ1v) is 6.73. The Balaban J connectivity index is 2.71. The lowest BCUT2D eigenvalue weighted by atomic mass is 10.1. The zero-order valence-corrected chi connectivity index (χ0v) is 12.4. The normalized spacial score (nSPS) is 12.5. The van der Waals surface area contributed by atoms with Gasteiger partial charge in [0.25, 0.3) is 0 Å². The van der Waals surface area contributed by atoms with Gasteiger partial charge in [0.2, 0.25) is 0 Å². The van der Waals surface area contributed by atoms with Crippen molar-refractivity contribution in [1.29, 1.82) is 0 Å². The van der Waals surface area contributed by atoms with Crippen LogP contribution in [0.15, 0.2) is 18.2 Å². The third kappa shape index (κ3) is 4.16. The molecule has 1 aromatic carbocycles. The van der Waals surface area contributed by atoms with E-state index < -0.39 is 0 Å². The molecule has 1 atom stereocenters. The zero-order chi connectivity index (χ0) is 13.5. The van der Waals surface area contributed by atoms with Crippen LogP contribution >= 0.6 is 11.6 Å². The molecule has 1 rings (SSSR count). The summed E-state index contributed by atoms with van der Waals surface area (Å²) in [5.74, 6) is 0. The molecule has 0 aliphatic carbocycles. The maximum atomic E-state index is 6.31. The number of likely N-dealkylation sites (N-methyl/N-ethyl adjacent to an activating group) is 1. The highest BCUT2D eigenvalue weighted by atomic mass is 35.5. The Kier molecular flexibility index (Phi) is 6.47. The van der Waals surface area contributed by atoms with E-state index in [2.05, 4.69) is 29.3 Å². The molecule has 18 heavy (non-hydrogen) atoms. The summed E-state index contributed by atoms with van der Waals surface area (Å²) >= 11 is 6.31. The monoisotopic (exact) mass is 270 g/mol. The van der Waals surface area contributed by atoms with Gasteiger partial charge in [0.05, 0.1) is 6.61 Å². The number of rotatable bonds is 7. The fourth-order valence-corrected chi connectivity index (χ4v) is 2.07. The number of anilines is 1. The van der Waals surface area contributed by atoms with E-state index in [-0.39, 0.29) is 6.04 Å². The van der Waals surface area contributed by atoms with Crippen LogP contribution in [0.5, 0.6) is 0 Å². The summed E-state index contributed by atoms with van der Waals surface area (Å²) in [5.41, 5.74) is 2.24. The topological polar surface area (TPSA) is 24.5 Å². The highest BCUT2D eigenvalue weighted by Gasteiger charge is 2.09. The molecule has 1 aromatic rings. The van der Waals surface area contributed by atoms with Crippen LogP contribution in [0, 0.1) is 0 Å². The first-order valence-electron chi connectivity index (χ1n) is 6.35. The Morgan fingerprint density at radius 2 is 2.17 bits per heavy atom. The van der Waals surface area contributed by atoms with Gasteiger partial charge in [0.15, 0.2) is 0 Å². The number of halogens is 1. The number of hydrogen-bond donors (Lipinski definition) is 1. The highest BCUT2D eigenvalue weighted by molar-refractivity contribution is 6.31. The Labute approximate surface area is 115 Å². The SMILES string of the molecule is CCOCCN(C)c1ccc(C(C)NC)c(Cl)c1. The second-order valence-corrected chi connectivity index (χ2v) is 4.74. The zero-order valence-electron chi connectivity index (χ0n) is 11.7. The largest absolute Gasteiger partial charge is 0.380 e. The van der Waals surface area contributed by atoms with Crippen molar-refractivity contribution in [2.24, 2.45) is 0 Å². The summed E-state index contributed by atoms with van der Waals surface area (Å²) in [7, 11) is 3.98. The average molecular weight is 271 g/mol. The molecule has 3 nitrogen and oxygen atoms in total. The van der Waals surface area contributed by atoms with Crippen LogP contribution in [-0.2, 0) is 4.74 Å². The van der Waals surface area contributed by atoms with Crippen molar-refractivity contribution in [2.45, 2.75) is 19.9 Å². The maximum absolute atomic E-state index is 6.31. The average Bonchev–Trinajstić information content (AvgIpc) is 2.38. The molecule has 0 heterocycles. The van der Waals surface area contributed by atoms with Crippen molar-refractivity contribution in [1.82, 2.24) is 5.32 Å². The van der Waals surface area contributed by atoms with Crippen LogP contribution < -0.4 is 10.2 Å². The molecular formula is C14H23ClN2O. The summed E-state index contributed by atoms with van der Waals surface area (Å²) in [4.78, 5) is 2.15. The van der Waals surface area contributed by atoms with Crippen LogP contribution in [0.2, 0.25) is 5.02 Å². The molecule has 1 unspecified atom stereocenters. The molecule has 0 amide bonds. The van der Waals surface area contributed by atoms with Crippen LogP contribution in [0.25, 0.3) is 0 Å². The fraction of sp³-hybridized carbons (Fsp3) is 0.571. The van der Waals surface area contributed by atoms with E-state index in [1.54, 1.807) is 0 Å². The lowest BCUT2D eigenvalue weighted by molar-refractivity contribution is 0.154. The minimum absolute atomic E-state index is 0.264. The molecule has 0 aliphatic heterocycles. The quantitative estimate of drug-likeness (QED) is 0.771. The molecular weight excluding hydrogens is 248 g/mol. The van der Waals surface area contributed by atoms with Gasteiger partial charge >= 0.3 is 0 Å². The molecule has 0 radical (unpaired) electrons. The van der Waals surface area contributed by atoms with Gasteiger partial charge < -0.3 is 15.0 Å². The minimum atomic E-state index is 0.264. The molecule has 0 saturated carbocycles. The summed E-state index contributed by atoms with van der Waals surface area (Å²) in [6.07, 6.45) is 0. The Morgan fingerprint density at radius 1 is 1.44 bits per heavy atom. The van der Waals surface area contributed by atoms with Crippen molar-refractivity contribution >= 4 is 17.3 Å². The van der Waals surface area contributed by atoms with E-state index in [0.717, 1.165) is 36.0 Å². The van der Waals surface area contributed by atoms with E-state index in [1.807, 2.05) is 27.1 Å². The third-order valence-electron chi connectivity index (χ3n) is 3.10. The number of nitrogens with zero attached hydrogens (tertiary/aromatic N) is 1. The molecule has 1 N–H and O–H groups in total. The van der Waals surface area contributed by atoms with Crippen LogP contribution in [-0.4, -0.2) is 33.9 Å². The van der Waals surface area contributed by atoms with E-state index in [9.17, 15) is 0 Å². The van der Waals surface area contributed by atoms with Crippen LogP contribution in [0.4, 0.5) is 5.69 Å². The van der Waals surface area contributed by atoms with E-state index in [0.29, 0.717) is 0 Å². The third-order valence-corrected chi connectivity index (χ3v) is 3.43. The van der Waals surface area contributed by atoms with E-state index in [1.165, 1.54) is 0 Å². The fourth-order valence-electron chi connectivity index (χ4n) is 1.74. The lowest BCUT2D eigenvalue weighted by Gasteiger charge is -2.21. The van der Waals surface area contributed by atoms with Crippen molar-refractivity contribution in [2.75, 3.05) is 38.8 Å². The second kappa shape index (κ2) is 7.62. The summed E-state index contributed by atoms with van der Waals surface area (Å²) < 4.78 is 5.35. The van der Waals surface area contributed by atoms with Crippen LogP contribution in [0.1, 0.15) is 25.5 Å². The molecule has 102 valence electrons. The lowest BCUT2D eigenvalue weighted by Crippen LogP contribution is -2.22. The van der Waals surface area contributed by atoms with E-state index >= 15 is 0 Å². The van der Waals surface area contributed by atoms with Gasteiger partial charge in [-0.15, -0.1) is 0 Å². The summed E-state index contributed by atoms with van der Waals surface area (Å²) in [5, 5.41) is 4.00. The first kappa shape index (κ1) is 15.3. The molecule has 0 aromatic heterocycles. The standard InChI is InChI=1S/C14H23ClN2O/c1-5-18-9-8-17(4)12-6-7-13(11(2)16-3)14(15)10-12/h6-7,10-11,16H,5,8-9H2,1-4H3. The maximum Gasteiger partial charge on any atom is 0.0641 e. The van der Waals surface area contributed by atoms with E-state index in [4.69, 9.17) is 16.3 Å². The minimum Gasteiger partial charge on any atom is -0.380 e. The smallest absolute Gasteiger partial charge is 0.0641 e. The Hall–Kier alpha value is -0.770. The number of nitrogens with one attached hydrogen (secondary N) is 1. The van der Waals surface area contributed by atoms with Crippen molar-refractivity contribution < 1.29 is 4.74 Å². The van der Waals surface area contributed by atoms with Gasteiger partial charge in [-0.1, -0.05) is 17.7 Å². The number of hydrogen-bond acceptors (Lipinski definition) is 3. The van der Waals surface area contributed by atoms with Gasteiger partial charge in [-0.05, 0) is 38.6 Å². The number of ether oxygens (including phenoxy) is 1. The van der Waals surface area contributed by atoms with Crippen molar-refractivity contribution in [3.63, 3.8) is 0 Å². The summed E-state index contributed by atoms with van der Waals surface area (Å²) in [6.45, 7) is 6.46. The molecule has 0 aliphatic rings. The first-order chi connectivity index (χ1) is 8.60. The van der Waals surface area contributed by atoms with Gasteiger partial charge in [0, 0.05) is 37.0 Å². The van der Waals surface area contributed by atoms with Crippen molar-refractivity contribution in [3.8, 4) is 0 Å². The molecule has 4 heteroatoms. The Morgan fingerprint density at radius 3 is 2.72 bits per heavy atom. The van der Waals surface area contributed by atoms with Gasteiger partial charge in [-0.25, -0.2) is 0 Å². The Bertz CT molecular complexity index is 371. The number of benzene rings is 1. The van der Waals surface area contributed by atoms with Crippen LogP contribution in [0.3, 0.4) is 0 Å². The van der Waals surface area contributed by atoms with Gasteiger partial charge in [-0.3, -0.25) is 0 Å². The predicted molar refractivity (Wildman–Crippen MR) is 78.7 cm³/mol.